The Kier molecular flexibility index (Phi) is 6.89. The highest BCUT2D eigenvalue weighted by molar-refractivity contribution is 9.10. The number of ketones is 1. The molecule has 0 amide bonds. The third-order valence-corrected chi connectivity index (χ3v) is 5.06. The number of rotatable bonds is 7. The van der Waals surface area contributed by atoms with E-state index in [1.807, 2.05) is 62.4 Å². The minimum atomic E-state index is -0.0460. The predicted molar refractivity (Wildman–Crippen MR) is 121 cm³/mol. The number of methoxy groups -OCH3 is 1. The molecule has 148 valence electrons. The summed E-state index contributed by atoms with van der Waals surface area (Å²) in [4.78, 5) is 12.4. The average Bonchev–Trinajstić information content (AvgIpc) is 2.72. The van der Waals surface area contributed by atoms with E-state index < -0.39 is 0 Å². The van der Waals surface area contributed by atoms with E-state index in [0.717, 1.165) is 38.2 Å². The number of halogens is 1. The van der Waals surface area contributed by atoms with Crippen LogP contribution in [-0.4, -0.2) is 12.9 Å². The highest BCUT2D eigenvalue weighted by Gasteiger charge is 2.08. The number of benzene rings is 3. The van der Waals surface area contributed by atoms with Gasteiger partial charge in [-0.3, -0.25) is 4.79 Å². The van der Waals surface area contributed by atoms with Crippen molar-refractivity contribution in [3.63, 3.8) is 0 Å². The highest BCUT2D eigenvalue weighted by Crippen LogP contribution is 2.25. The Bertz CT molecular complexity index is 1050. The fourth-order valence-electron chi connectivity index (χ4n) is 2.94. The Morgan fingerprint density at radius 2 is 1.83 bits per heavy atom. The van der Waals surface area contributed by atoms with E-state index in [9.17, 15) is 4.79 Å². The number of hydrogen-bond acceptors (Lipinski definition) is 3. The molecule has 0 radical (unpaired) electrons. The Morgan fingerprint density at radius 1 is 1.00 bits per heavy atom. The van der Waals surface area contributed by atoms with Gasteiger partial charge in [-0.15, -0.1) is 0 Å². The monoisotopic (exact) mass is 450 g/mol. The van der Waals surface area contributed by atoms with Gasteiger partial charge in [-0.1, -0.05) is 52.3 Å². The average molecular weight is 451 g/mol. The van der Waals surface area contributed by atoms with Crippen LogP contribution in [0, 0.1) is 13.8 Å². The first-order valence-electron chi connectivity index (χ1n) is 9.31. The second-order valence-corrected chi connectivity index (χ2v) is 7.75. The molecule has 0 N–H and O–H groups in total. The van der Waals surface area contributed by atoms with Gasteiger partial charge in [0.1, 0.15) is 18.1 Å². The number of allylic oxidation sites excluding steroid dienone is 1. The van der Waals surface area contributed by atoms with Gasteiger partial charge in [-0.25, -0.2) is 0 Å². The van der Waals surface area contributed by atoms with E-state index >= 15 is 0 Å². The van der Waals surface area contributed by atoms with Crippen LogP contribution in [0.25, 0.3) is 6.08 Å². The van der Waals surface area contributed by atoms with Crippen molar-refractivity contribution in [2.45, 2.75) is 20.5 Å². The fraction of sp³-hybridized carbons (Fsp3) is 0.160. The second-order valence-electron chi connectivity index (χ2n) is 6.84. The summed E-state index contributed by atoms with van der Waals surface area (Å²) in [7, 11) is 1.64. The molecular formula is C25H23BrO3. The molecule has 0 unspecified atom stereocenters. The summed E-state index contributed by atoms with van der Waals surface area (Å²) in [6, 6.07) is 19.3. The minimum absolute atomic E-state index is 0.0460. The van der Waals surface area contributed by atoms with Crippen LogP contribution in [0.4, 0.5) is 0 Å². The van der Waals surface area contributed by atoms with Gasteiger partial charge >= 0.3 is 0 Å². The third kappa shape index (κ3) is 5.58. The van der Waals surface area contributed by atoms with Crippen LogP contribution in [0.3, 0.4) is 0 Å². The maximum atomic E-state index is 12.4. The van der Waals surface area contributed by atoms with Crippen LogP contribution in [0.1, 0.15) is 32.6 Å². The molecule has 3 aromatic carbocycles. The summed E-state index contributed by atoms with van der Waals surface area (Å²) in [5.41, 5.74) is 4.72. The van der Waals surface area contributed by atoms with Crippen LogP contribution in [-0.2, 0) is 6.61 Å². The summed E-state index contributed by atoms with van der Waals surface area (Å²) in [6.45, 7) is 4.45. The van der Waals surface area contributed by atoms with Gasteiger partial charge < -0.3 is 9.47 Å². The Balaban J connectivity index is 1.77. The van der Waals surface area contributed by atoms with E-state index in [-0.39, 0.29) is 5.78 Å². The lowest BCUT2D eigenvalue weighted by molar-refractivity contribution is 0.104. The maximum Gasteiger partial charge on any atom is 0.185 e. The number of ether oxygens (including phenoxy) is 2. The molecule has 0 aliphatic heterocycles. The zero-order valence-corrected chi connectivity index (χ0v) is 18.3. The number of carbonyl (C=O) groups excluding carboxylic acids is 1. The van der Waals surface area contributed by atoms with Crippen LogP contribution >= 0.6 is 15.9 Å². The lowest BCUT2D eigenvalue weighted by atomic mass is 10.1. The van der Waals surface area contributed by atoms with Crippen molar-refractivity contribution in [1.29, 1.82) is 0 Å². The van der Waals surface area contributed by atoms with Crippen molar-refractivity contribution in [3.05, 3.63) is 99.0 Å². The lowest BCUT2D eigenvalue weighted by Gasteiger charge is -2.13. The van der Waals surface area contributed by atoms with Gasteiger partial charge in [-0.2, -0.15) is 0 Å². The molecule has 0 bridgehead atoms. The van der Waals surface area contributed by atoms with Gasteiger partial charge in [0.25, 0.3) is 0 Å². The van der Waals surface area contributed by atoms with Gasteiger partial charge in [0, 0.05) is 15.6 Å². The molecule has 0 heterocycles. The molecule has 3 rings (SSSR count). The molecule has 0 fully saturated rings. The van der Waals surface area contributed by atoms with Gasteiger partial charge in [-0.05, 0) is 66.9 Å². The van der Waals surface area contributed by atoms with E-state index in [4.69, 9.17) is 9.47 Å². The van der Waals surface area contributed by atoms with Crippen molar-refractivity contribution in [1.82, 2.24) is 0 Å². The SMILES string of the molecule is COc1ccc(/C=C/C(=O)c2cccc(Br)c2)cc1COc1cc(C)ccc1C. The fourth-order valence-corrected chi connectivity index (χ4v) is 3.34. The molecule has 0 aromatic heterocycles. The largest absolute Gasteiger partial charge is 0.496 e. The number of hydrogen-bond donors (Lipinski definition) is 0. The smallest absolute Gasteiger partial charge is 0.185 e. The topological polar surface area (TPSA) is 35.5 Å². The first-order valence-corrected chi connectivity index (χ1v) is 10.1. The zero-order valence-electron chi connectivity index (χ0n) is 16.7. The maximum absolute atomic E-state index is 12.4. The summed E-state index contributed by atoms with van der Waals surface area (Å²) < 4.78 is 12.4. The molecule has 0 spiro atoms. The minimum Gasteiger partial charge on any atom is -0.496 e. The molecular weight excluding hydrogens is 428 g/mol. The van der Waals surface area contributed by atoms with Crippen LogP contribution in [0.5, 0.6) is 11.5 Å². The molecule has 0 aliphatic carbocycles. The van der Waals surface area contributed by atoms with Crippen LogP contribution in [0.15, 0.2) is 71.2 Å². The van der Waals surface area contributed by atoms with E-state index in [1.165, 1.54) is 0 Å². The Labute approximate surface area is 180 Å². The van der Waals surface area contributed by atoms with Crippen molar-refractivity contribution < 1.29 is 14.3 Å². The summed E-state index contributed by atoms with van der Waals surface area (Å²) >= 11 is 3.39. The van der Waals surface area contributed by atoms with Crippen LogP contribution < -0.4 is 9.47 Å². The molecule has 0 saturated carbocycles. The third-order valence-electron chi connectivity index (χ3n) is 4.57. The van der Waals surface area contributed by atoms with Crippen molar-refractivity contribution in [2.24, 2.45) is 0 Å². The second kappa shape index (κ2) is 9.57. The highest BCUT2D eigenvalue weighted by atomic mass is 79.9. The van der Waals surface area contributed by atoms with E-state index in [1.54, 1.807) is 19.3 Å². The van der Waals surface area contributed by atoms with Crippen molar-refractivity contribution >= 4 is 27.8 Å². The van der Waals surface area contributed by atoms with Crippen molar-refractivity contribution in [3.8, 4) is 11.5 Å². The van der Waals surface area contributed by atoms with Crippen molar-refractivity contribution in [2.75, 3.05) is 7.11 Å². The van der Waals surface area contributed by atoms with E-state index in [0.29, 0.717) is 12.2 Å². The van der Waals surface area contributed by atoms with Crippen LogP contribution in [0.2, 0.25) is 0 Å². The van der Waals surface area contributed by atoms with E-state index in [2.05, 4.69) is 28.1 Å². The number of aryl methyl sites for hydroxylation is 2. The zero-order chi connectivity index (χ0) is 20.8. The molecule has 3 aromatic rings. The number of carbonyl (C=O) groups is 1. The molecule has 29 heavy (non-hydrogen) atoms. The lowest BCUT2D eigenvalue weighted by Crippen LogP contribution is -2.01. The molecule has 3 nitrogen and oxygen atoms in total. The molecule has 4 heteroatoms. The standard InChI is InChI=1S/C25H23BrO3/c1-17-7-8-18(2)25(13-17)29-16-21-14-19(10-12-24(21)28-3)9-11-23(27)20-5-4-6-22(26)15-20/h4-15H,16H2,1-3H3/b11-9+. The quantitative estimate of drug-likeness (QED) is 0.302. The Morgan fingerprint density at radius 3 is 2.59 bits per heavy atom. The van der Waals surface area contributed by atoms with Gasteiger partial charge in [0.05, 0.1) is 7.11 Å². The first-order chi connectivity index (χ1) is 14.0. The predicted octanol–water partition coefficient (Wildman–Crippen LogP) is 6.55. The van der Waals surface area contributed by atoms with Gasteiger partial charge in [0.15, 0.2) is 5.78 Å². The summed E-state index contributed by atoms with van der Waals surface area (Å²) in [6.07, 6.45) is 3.39. The summed E-state index contributed by atoms with van der Waals surface area (Å²) in [5, 5.41) is 0. The van der Waals surface area contributed by atoms with Gasteiger partial charge in [0.2, 0.25) is 0 Å². The normalized spacial score (nSPS) is 10.9. The first kappa shape index (κ1) is 20.9. The summed E-state index contributed by atoms with van der Waals surface area (Å²) in [5.74, 6) is 1.57. The molecule has 0 aliphatic rings. The molecule has 0 saturated heterocycles. The Hall–Kier alpha value is -2.85. The molecule has 0 atom stereocenters.